The maximum Gasteiger partial charge on any atom is 0.330 e. The minimum absolute atomic E-state index is 0.206. The summed E-state index contributed by atoms with van der Waals surface area (Å²) >= 11 is 0. The molecule has 2 aromatic rings. The summed E-state index contributed by atoms with van der Waals surface area (Å²) < 4.78 is 24.6. The van der Waals surface area contributed by atoms with E-state index in [1.807, 2.05) is 30.3 Å². The number of benzene rings is 2. The molecular weight excluding hydrogens is 391 g/mol. The predicted molar refractivity (Wildman–Crippen MR) is 125 cm³/mol. The molecule has 0 saturated carbocycles. The highest BCUT2D eigenvalue weighted by Gasteiger charge is 2.04. The van der Waals surface area contributed by atoms with Gasteiger partial charge in [0, 0.05) is 11.6 Å². The lowest BCUT2D eigenvalue weighted by molar-refractivity contribution is -0.137. The van der Waals surface area contributed by atoms with Crippen molar-refractivity contribution < 1.29 is 18.7 Å². The van der Waals surface area contributed by atoms with Gasteiger partial charge in [-0.2, -0.15) is 0 Å². The number of hydrogen-bond acceptors (Lipinski definition) is 3. The van der Waals surface area contributed by atoms with Crippen LogP contribution in [-0.4, -0.2) is 19.2 Å². The van der Waals surface area contributed by atoms with E-state index in [-0.39, 0.29) is 11.8 Å². The largest absolute Gasteiger partial charge is 0.494 e. The Morgan fingerprint density at radius 1 is 0.774 bits per heavy atom. The van der Waals surface area contributed by atoms with E-state index in [2.05, 4.69) is 6.58 Å². The van der Waals surface area contributed by atoms with E-state index in [0.717, 1.165) is 37.2 Å². The van der Waals surface area contributed by atoms with Crippen LogP contribution in [0.4, 0.5) is 4.39 Å². The van der Waals surface area contributed by atoms with Crippen LogP contribution in [0.5, 0.6) is 5.75 Å². The van der Waals surface area contributed by atoms with Gasteiger partial charge in [-0.3, -0.25) is 0 Å². The van der Waals surface area contributed by atoms with Crippen LogP contribution < -0.4 is 4.74 Å². The third-order valence-corrected chi connectivity index (χ3v) is 5.26. The monoisotopic (exact) mass is 426 g/mol. The second-order valence-electron chi connectivity index (χ2n) is 7.76. The van der Waals surface area contributed by atoms with Crippen LogP contribution in [0.3, 0.4) is 0 Å². The highest BCUT2D eigenvalue weighted by Crippen LogP contribution is 2.24. The van der Waals surface area contributed by atoms with E-state index < -0.39 is 0 Å². The van der Waals surface area contributed by atoms with Gasteiger partial charge < -0.3 is 9.47 Å². The van der Waals surface area contributed by atoms with Gasteiger partial charge in [0.15, 0.2) is 0 Å². The second kappa shape index (κ2) is 15.2. The first-order valence-electron chi connectivity index (χ1n) is 11.5. The van der Waals surface area contributed by atoms with Crippen molar-refractivity contribution in [2.24, 2.45) is 0 Å². The minimum Gasteiger partial charge on any atom is -0.494 e. The summed E-state index contributed by atoms with van der Waals surface area (Å²) in [6.07, 6.45) is 13.0. The molecule has 0 aromatic heterocycles. The predicted octanol–water partition coefficient (Wildman–Crippen LogP) is 7.50. The maximum atomic E-state index is 13.8. The third-order valence-electron chi connectivity index (χ3n) is 5.26. The summed E-state index contributed by atoms with van der Waals surface area (Å²) in [6.45, 7) is 4.60. The molecule has 0 atom stereocenters. The zero-order chi connectivity index (χ0) is 22.2. The Labute approximate surface area is 186 Å². The summed E-state index contributed by atoms with van der Waals surface area (Å²) in [6, 6.07) is 14.4. The van der Waals surface area contributed by atoms with Crippen molar-refractivity contribution in [3.8, 4) is 16.9 Å². The van der Waals surface area contributed by atoms with Crippen molar-refractivity contribution in [3.05, 3.63) is 67.0 Å². The number of esters is 1. The molecule has 0 unspecified atom stereocenters. The molecule has 0 aliphatic heterocycles. The molecule has 2 aromatic carbocycles. The molecule has 3 nitrogen and oxygen atoms in total. The third kappa shape index (κ3) is 10.3. The van der Waals surface area contributed by atoms with Gasteiger partial charge >= 0.3 is 5.97 Å². The van der Waals surface area contributed by atoms with Crippen molar-refractivity contribution in [2.45, 2.75) is 64.2 Å². The van der Waals surface area contributed by atoms with Gasteiger partial charge in [0.25, 0.3) is 0 Å². The smallest absolute Gasteiger partial charge is 0.330 e. The topological polar surface area (TPSA) is 35.5 Å². The number of halogens is 1. The summed E-state index contributed by atoms with van der Waals surface area (Å²) in [5, 5.41) is 0. The summed E-state index contributed by atoms with van der Waals surface area (Å²) in [5.74, 6) is 0.296. The summed E-state index contributed by atoms with van der Waals surface area (Å²) in [4.78, 5) is 10.9. The molecular formula is C27H35FO3. The first-order valence-corrected chi connectivity index (χ1v) is 11.5. The molecule has 0 amide bonds. The molecule has 0 bridgehead atoms. The maximum absolute atomic E-state index is 13.8. The van der Waals surface area contributed by atoms with Crippen molar-refractivity contribution in [1.82, 2.24) is 0 Å². The van der Waals surface area contributed by atoms with E-state index in [1.165, 1.54) is 57.1 Å². The zero-order valence-corrected chi connectivity index (χ0v) is 18.5. The Morgan fingerprint density at radius 2 is 1.32 bits per heavy atom. The van der Waals surface area contributed by atoms with E-state index in [0.29, 0.717) is 12.2 Å². The Kier molecular flexibility index (Phi) is 12.1. The van der Waals surface area contributed by atoms with Gasteiger partial charge in [0.2, 0.25) is 0 Å². The van der Waals surface area contributed by atoms with Crippen LogP contribution >= 0.6 is 0 Å². The van der Waals surface area contributed by atoms with Crippen molar-refractivity contribution >= 4 is 5.97 Å². The number of rotatable bonds is 16. The molecule has 0 N–H and O–H groups in total. The molecule has 31 heavy (non-hydrogen) atoms. The molecule has 0 heterocycles. The fourth-order valence-corrected chi connectivity index (χ4v) is 3.47. The molecule has 2 rings (SSSR count). The minimum atomic E-state index is -0.331. The van der Waals surface area contributed by atoms with Gasteiger partial charge in [0.05, 0.1) is 13.2 Å². The van der Waals surface area contributed by atoms with Gasteiger partial charge in [-0.05, 0) is 36.6 Å². The van der Waals surface area contributed by atoms with Crippen LogP contribution in [0.1, 0.15) is 64.2 Å². The summed E-state index contributed by atoms with van der Waals surface area (Å²) in [7, 11) is 0. The Bertz CT molecular complexity index is 770. The van der Waals surface area contributed by atoms with E-state index >= 15 is 0 Å². The quantitative estimate of drug-likeness (QED) is 0.158. The lowest BCUT2D eigenvalue weighted by atomic mass is 10.1. The van der Waals surface area contributed by atoms with Crippen molar-refractivity contribution in [2.75, 3.05) is 13.2 Å². The number of unbranched alkanes of at least 4 members (excludes halogenated alkanes) is 9. The number of hydrogen-bond donors (Lipinski definition) is 0. The molecule has 0 spiro atoms. The van der Waals surface area contributed by atoms with E-state index in [4.69, 9.17) is 9.47 Å². The zero-order valence-electron chi connectivity index (χ0n) is 18.5. The Hall–Kier alpha value is -2.62. The van der Waals surface area contributed by atoms with Crippen LogP contribution in [0.2, 0.25) is 0 Å². The SMILES string of the molecule is C=CC(=O)OCCCCCCCCCCCCOc1ccc(-c2ccccc2F)cc1. The molecule has 0 radical (unpaired) electrons. The standard InChI is InChI=1S/C27H35FO3/c1-2-27(29)31-22-14-10-8-6-4-3-5-7-9-13-21-30-24-19-17-23(18-20-24)25-15-11-12-16-26(25)28/h2,11-12,15-20H,1,3-10,13-14,21-22H2. The summed E-state index contributed by atoms with van der Waals surface area (Å²) in [5.41, 5.74) is 1.48. The molecule has 0 aliphatic carbocycles. The lowest BCUT2D eigenvalue weighted by Crippen LogP contribution is -2.01. The fraction of sp³-hybridized carbons (Fsp3) is 0.444. The van der Waals surface area contributed by atoms with E-state index in [9.17, 15) is 9.18 Å². The molecule has 0 aliphatic rings. The highest BCUT2D eigenvalue weighted by molar-refractivity contribution is 5.81. The van der Waals surface area contributed by atoms with Crippen molar-refractivity contribution in [3.63, 3.8) is 0 Å². The second-order valence-corrected chi connectivity index (χ2v) is 7.76. The van der Waals surface area contributed by atoms with Gasteiger partial charge in [-0.25, -0.2) is 9.18 Å². The number of ether oxygens (including phenoxy) is 2. The molecule has 168 valence electrons. The normalized spacial score (nSPS) is 10.6. The van der Waals surface area contributed by atoms with Crippen LogP contribution in [0, 0.1) is 5.82 Å². The van der Waals surface area contributed by atoms with Crippen LogP contribution in [-0.2, 0) is 9.53 Å². The fourth-order valence-electron chi connectivity index (χ4n) is 3.47. The van der Waals surface area contributed by atoms with Crippen molar-refractivity contribution in [1.29, 1.82) is 0 Å². The van der Waals surface area contributed by atoms with Crippen LogP contribution in [0.25, 0.3) is 11.1 Å². The van der Waals surface area contributed by atoms with Gasteiger partial charge in [0.1, 0.15) is 11.6 Å². The molecule has 0 fully saturated rings. The van der Waals surface area contributed by atoms with Gasteiger partial charge in [-0.1, -0.05) is 88.3 Å². The van der Waals surface area contributed by atoms with Gasteiger partial charge in [-0.15, -0.1) is 0 Å². The average molecular weight is 427 g/mol. The lowest BCUT2D eigenvalue weighted by Gasteiger charge is -2.08. The number of carbonyl (C=O) groups excluding carboxylic acids is 1. The first kappa shape index (κ1) is 24.6. The molecule has 4 heteroatoms. The molecule has 0 saturated heterocycles. The Morgan fingerprint density at radius 3 is 1.90 bits per heavy atom. The highest BCUT2D eigenvalue weighted by atomic mass is 19.1. The Balaban J connectivity index is 1.42. The van der Waals surface area contributed by atoms with E-state index in [1.54, 1.807) is 12.1 Å². The average Bonchev–Trinajstić information content (AvgIpc) is 2.80. The number of carbonyl (C=O) groups is 1. The first-order chi connectivity index (χ1) is 15.2. The van der Waals surface area contributed by atoms with Crippen LogP contribution in [0.15, 0.2) is 61.2 Å².